The van der Waals surface area contributed by atoms with Crippen molar-refractivity contribution < 1.29 is 9.59 Å². The van der Waals surface area contributed by atoms with Crippen molar-refractivity contribution in [3.8, 4) is 0 Å². The molecule has 0 fully saturated rings. The topological polar surface area (TPSA) is 91.0 Å². The van der Waals surface area contributed by atoms with Crippen molar-refractivity contribution in [2.75, 3.05) is 15.2 Å². The molecule has 0 radical (unpaired) electrons. The molecule has 4 rings (SSSR count). The van der Waals surface area contributed by atoms with Crippen molar-refractivity contribution in [1.29, 1.82) is 0 Å². The Bertz CT molecular complexity index is 936. The molecule has 0 unspecified atom stereocenters. The number of benzene rings is 2. The third kappa shape index (κ3) is 2.96. The minimum atomic E-state index is -0.704. The highest BCUT2D eigenvalue weighted by Gasteiger charge is 2.43. The number of fused-ring (bicyclic) bond motifs is 3. The van der Waals surface area contributed by atoms with Gasteiger partial charge in [0.05, 0.1) is 17.8 Å². The van der Waals surface area contributed by atoms with Gasteiger partial charge >= 0.3 is 0 Å². The van der Waals surface area contributed by atoms with E-state index in [4.69, 9.17) is 5.84 Å². The molecule has 0 bridgehead atoms. The molecule has 3 N–H and O–H groups in total. The number of guanidine groups is 1. The Hall–Kier alpha value is -3.19. The van der Waals surface area contributed by atoms with Gasteiger partial charge in [-0.15, -0.1) is 0 Å². The molecule has 0 saturated carbocycles. The highest BCUT2D eigenvalue weighted by molar-refractivity contribution is 6.23. The monoisotopic (exact) mass is 363 g/mol. The Kier molecular flexibility index (Phi) is 4.16. The molecule has 2 aliphatic rings. The van der Waals surface area contributed by atoms with E-state index in [2.05, 4.69) is 24.2 Å². The first kappa shape index (κ1) is 17.2. The van der Waals surface area contributed by atoms with Crippen LogP contribution in [0.25, 0.3) is 0 Å². The number of hydrogen-bond donors (Lipinski definition) is 2. The second-order valence-corrected chi connectivity index (χ2v) is 7.02. The van der Waals surface area contributed by atoms with E-state index in [1.807, 2.05) is 48.5 Å². The van der Waals surface area contributed by atoms with Crippen LogP contribution in [0.15, 0.2) is 53.5 Å². The summed E-state index contributed by atoms with van der Waals surface area (Å²) >= 11 is 0. The summed E-state index contributed by atoms with van der Waals surface area (Å²) in [5.74, 6) is 6.17. The maximum absolute atomic E-state index is 13.0. The second kappa shape index (κ2) is 6.51. The van der Waals surface area contributed by atoms with Crippen molar-refractivity contribution in [2.24, 2.45) is 10.8 Å². The van der Waals surface area contributed by atoms with Gasteiger partial charge in [-0.1, -0.05) is 38.1 Å². The number of nitrogens with two attached hydrogens (primary N) is 1. The van der Waals surface area contributed by atoms with E-state index in [1.165, 1.54) is 10.6 Å². The number of carbonyl (C=O) groups is 2. The first-order valence-electron chi connectivity index (χ1n) is 8.91. The minimum absolute atomic E-state index is 0.00157. The summed E-state index contributed by atoms with van der Waals surface area (Å²) in [6.45, 7) is 4.23. The van der Waals surface area contributed by atoms with E-state index < -0.39 is 6.04 Å². The largest absolute Gasteiger partial charge is 0.324 e. The molecule has 7 nitrogen and oxygen atoms in total. The zero-order valence-corrected chi connectivity index (χ0v) is 15.2. The first-order valence-corrected chi connectivity index (χ1v) is 8.91. The van der Waals surface area contributed by atoms with E-state index in [1.54, 1.807) is 4.90 Å². The summed E-state index contributed by atoms with van der Waals surface area (Å²) in [6, 6.07) is 14.4. The fraction of sp³-hybridized carbons (Fsp3) is 0.250. The molecule has 0 spiro atoms. The quantitative estimate of drug-likeness (QED) is 0.818. The Morgan fingerprint density at radius 2 is 1.81 bits per heavy atom. The fourth-order valence-electron chi connectivity index (χ4n) is 3.42. The van der Waals surface area contributed by atoms with Crippen LogP contribution in [0.2, 0.25) is 0 Å². The van der Waals surface area contributed by atoms with Crippen LogP contribution in [0, 0.1) is 0 Å². The molecule has 0 aromatic heterocycles. The van der Waals surface area contributed by atoms with E-state index in [-0.39, 0.29) is 24.2 Å². The lowest BCUT2D eigenvalue weighted by molar-refractivity contribution is -0.123. The number of aliphatic imine (C=N–C) groups is 1. The van der Waals surface area contributed by atoms with Gasteiger partial charge < -0.3 is 5.32 Å². The summed E-state index contributed by atoms with van der Waals surface area (Å²) < 4.78 is 0. The number of hydrogen-bond acceptors (Lipinski definition) is 5. The molecule has 0 aliphatic carbocycles. The number of rotatable bonds is 3. The van der Waals surface area contributed by atoms with Gasteiger partial charge in [0.1, 0.15) is 6.04 Å². The number of para-hydroxylation sites is 2. The smallest absolute Gasteiger partial charge is 0.251 e. The van der Waals surface area contributed by atoms with Gasteiger partial charge in [0, 0.05) is 5.69 Å². The molecule has 138 valence electrons. The SMILES string of the molecule is CC(C)c1ccc(NC(=O)[C@H]2CC(=O)N=C3N(N)c4ccccc4N32)cc1. The van der Waals surface area contributed by atoms with Crippen LogP contribution in [0.4, 0.5) is 17.1 Å². The highest BCUT2D eigenvalue weighted by atomic mass is 16.2. The number of anilines is 3. The number of carbonyl (C=O) groups excluding carboxylic acids is 2. The molecule has 2 aliphatic heterocycles. The summed E-state index contributed by atoms with van der Waals surface area (Å²) in [5, 5.41) is 4.26. The van der Waals surface area contributed by atoms with Crippen LogP contribution in [-0.2, 0) is 9.59 Å². The van der Waals surface area contributed by atoms with E-state index >= 15 is 0 Å². The van der Waals surface area contributed by atoms with Crippen LogP contribution < -0.4 is 21.1 Å². The number of amides is 2. The third-order valence-corrected chi connectivity index (χ3v) is 4.88. The highest BCUT2D eigenvalue weighted by Crippen LogP contribution is 2.38. The van der Waals surface area contributed by atoms with Crippen LogP contribution >= 0.6 is 0 Å². The average molecular weight is 363 g/mol. The molecule has 2 heterocycles. The van der Waals surface area contributed by atoms with Crippen LogP contribution in [-0.4, -0.2) is 23.8 Å². The van der Waals surface area contributed by atoms with Gasteiger partial charge in [0.15, 0.2) is 0 Å². The predicted molar refractivity (Wildman–Crippen MR) is 106 cm³/mol. The van der Waals surface area contributed by atoms with Gasteiger partial charge in [0.25, 0.3) is 5.91 Å². The van der Waals surface area contributed by atoms with Crippen LogP contribution in [0.3, 0.4) is 0 Å². The maximum Gasteiger partial charge on any atom is 0.251 e. The molecule has 2 aromatic rings. The van der Waals surface area contributed by atoms with Gasteiger partial charge in [-0.2, -0.15) is 4.99 Å². The molecule has 27 heavy (non-hydrogen) atoms. The number of hydrazine groups is 1. The Morgan fingerprint density at radius 1 is 1.15 bits per heavy atom. The van der Waals surface area contributed by atoms with Crippen LogP contribution in [0.1, 0.15) is 31.7 Å². The molecule has 2 aromatic carbocycles. The lowest BCUT2D eigenvalue weighted by Gasteiger charge is -2.31. The zero-order valence-electron chi connectivity index (χ0n) is 15.2. The van der Waals surface area contributed by atoms with Gasteiger partial charge in [-0.05, 0) is 35.7 Å². The predicted octanol–water partition coefficient (Wildman–Crippen LogP) is 2.60. The van der Waals surface area contributed by atoms with Crippen molar-refractivity contribution in [1.82, 2.24) is 0 Å². The van der Waals surface area contributed by atoms with Gasteiger partial charge in [0.2, 0.25) is 11.9 Å². The third-order valence-electron chi connectivity index (χ3n) is 4.88. The Morgan fingerprint density at radius 3 is 2.48 bits per heavy atom. The van der Waals surface area contributed by atoms with Crippen molar-refractivity contribution in [3.05, 3.63) is 54.1 Å². The van der Waals surface area contributed by atoms with E-state index in [9.17, 15) is 9.59 Å². The minimum Gasteiger partial charge on any atom is -0.324 e. The summed E-state index contributed by atoms with van der Waals surface area (Å²) in [4.78, 5) is 30.9. The zero-order chi connectivity index (χ0) is 19.1. The fourth-order valence-corrected chi connectivity index (χ4v) is 3.42. The standard InChI is InChI=1S/C20H21N5O2/c1-12(2)13-7-9-14(10-8-13)22-19(27)17-11-18(26)23-20-24(17)15-5-3-4-6-16(15)25(20)21/h3-10,12,17H,11,21H2,1-2H3,(H,22,27)/t17-/m1/s1. The van der Waals surface area contributed by atoms with Crippen molar-refractivity contribution in [2.45, 2.75) is 32.2 Å². The van der Waals surface area contributed by atoms with E-state index in [0.29, 0.717) is 17.3 Å². The maximum atomic E-state index is 13.0. The lowest BCUT2D eigenvalue weighted by Crippen LogP contribution is -2.55. The lowest BCUT2D eigenvalue weighted by atomic mass is 10.0. The molecular weight excluding hydrogens is 342 g/mol. The second-order valence-electron chi connectivity index (χ2n) is 7.02. The molecule has 1 atom stereocenters. The molecule has 2 amide bonds. The van der Waals surface area contributed by atoms with Crippen molar-refractivity contribution in [3.63, 3.8) is 0 Å². The normalized spacial score (nSPS) is 18.3. The van der Waals surface area contributed by atoms with Gasteiger partial charge in [-0.3, -0.25) is 14.5 Å². The summed E-state index contributed by atoms with van der Waals surface area (Å²) in [6.07, 6.45) is 0.00157. The average Bonchev–Trinajstić information content (AvgIpc) is 2.94. The molecule has 0 saturated heterocycles. The summed E-state index contributed by atoms with van der Waals surface area (Å²) in [5.41, 5.74) is 3.37. The van der Waals surface area contributed by atoms with E-state index in [0.717, 1.165) is 5.69 Å². The number of nitrogens with one attached hydrogen (secondary N) is 1. The van der Waals surface area contributed by atoms with Gasteiger partial charge in [-0.25, -0.2) is 10.9 Å². The van der Waals surface area contributed by atoms with Crippen molar-refractivity contribution >= 4 is 34.8 Å². The summed E-state index contributed by atoms with van der Waals surface area (Å²) in [7, 11) is 0. The molecular formula is C20H21N5O2. The number of nitrogens with zero attached hydrogens (tertiary/aromatic N) is 3. The Balaban J connectivity index is 1.62. The Labute approximate surface area is 157 Å². The first-order chi connectivity index (χ1) is 13.0. The molecule has 7 heteroatoms. The van der Waals surface area contributed by atoms with Crippen LogP contribution in [0.5, 0.6) is 0 Å².